The van der Waals surface area contributed by atoms with E-state index < -0.39 is 10.0 Å². The minimum Gasteiger partial charge on any atom is -0.398 e. The number of hydrogen-bond acceptors (Lipinski definition) is 5. The molecular weight excluding hydrogens is 240 g/mol. The van der Waals surface area contributed by atoms with Gasteiger partial charge in [0.2, 0.25) is 0 Å². The maximum Gasteiger partial charge on any atom is 0.265 e. The fraction of sp³-hybridized carbons (Fsp3) is 0. The van der Waals surface area contributed by atoms with Crippen molar-refractivity contribution in [3.63, 3.8) is 0 Å². The van der Waals surface area contributed by atoms with E-state index >= 15 is 0 Å². The second-order valence-corrected chi connectivity index (χ2v) is 4.88. The van der Waals surface area contributed by atoms with Crippen molar-refractivity contribution in [1.29, 1.82) is 0 Å². The average molecular weight is 250 g/mol. The Morgan fingerprint density at radius 1 is 1.18 bits per heavy atom. The fourth-order valence-corrected chi connectivity index (χ4v) is 2.40. The second kappa shape index (κ2) is 4.38. The maximum absolute atomic E-state index is 12.0. The topological polar surface area (TPSA) is 98.0 Å². The molecule has 1 aromatic heterocycles. The third-order valence-electron chi connectivity index (χ3n) is 2.01. The second-order valence-electron chi connectivity index (χ2n) is 3.23. The van der Waals surface area contributed by atoms with Crippen molar-refractivity contribution in [3.05, 3.63) is 42.9 Å². The first kappa shape index (κ1) is 11.3. The smallest absolute Gasteiger partial charge is 0.265 e. The van der Waals surface area contributed by atoms with E-state index in [0.717, 1.165) is 0 Å². The minimum absolute atomic E-state index is 0.0191. The van der Waals surface area contributed by atoms with Crippen LogP contribution in [-0.2, 0) is 10.0 Å². The highest BCUT2D eigenvalue weighted by molar-refractivity contribution is 7.92. The van der Waals surface area contributed by atoms with E-state index in [4.69, 9.17) is 5.73 Å². The first-order valence-electron chi connectivity index (χ1n) is 4.73. The summed E-state index contributed by atoms with van der Waals surface area (Å²) in [6.07, 6.45) is 4.16. The number of benzene rings is 1. The largest absolute Gasteiger partial charge is 0.398 e. The van der Waals surface area contributed by atoms with Crippen LogP contribution >= 0.6 is 0 Å². The Labute approximate surface area is 98.6 Å². The molecule has 1 aromatic carbocycles. The molecule has 17 heavy (non-hydrogen) atoms. The predicted molar refractivity (Wildman–Crippen MR) is 63.7 cm³/mol. The van der Waals surface area contributed by atoms with Gasteiger partial charge in [-0.25, -0.2) is 13.4 Å². The van der Waals surface area contributed by atoms with Crippen LogP contribution < -0.4 is 10.5 Å². The summed E-state index contributed by atoms with van der Waals surface area (Å²) < 4.78 is 26.2. The molecule has 0 atom stereocenters. The van der Waals surface area contributed by atoms with E-state index in [-0.39, 0.29) is 16.4 Å². The van der Waals surface area contributed by atoms with Gasteiger partial charge in [0.15, 0.2) is 5.82 Å². The molecule has 0 saturated heterocycles. The first-order valence-corrected chi connectivity index (χ1v) is 6.21. The molecule has 2 rings (SSSR count). The number of para-hydroxylation sites is 1. The summed E-state index contributed by atoms with van der Waals surface area (Å²) >= 11 is 0. The lowest BCUT2D eigenvalue weighted by atomic mass is 10.3. The lowest BCUT2D eigenvalue weighted by Crippen LogP contribution is -2.15. The summed E-state index contributed by atoms with van der Waals surface area (Å²) in [6.45, 7) is 0. The Balaban J connectivity index is 2.36. The number of nitrogen functional groups attached to an aromatic ring is 1. The summed E-state index contributed by atoms with van der Waals surface area (Å²) in [4.78, 5) is 7.61. The van der Waals surface area contributed by atoms with Crippen LogP contribution in [0.4, 0.5) is 11.5 Å². The molecule has 0 bridgehead atoms. The van der Waals surface area contributed by atoms with Gasteiger partial charge in [0.25, 0.3) is 10.0 Å². The Kier molecular flexibility index (Phi) is 2.92. The predicted octanol–water partition coefficient (Wildman–Crippen LogP) is 0.860. The minimum atomic E-state index is -3.72. The van der Waals surface area contributed by atoms with Crippen molar-refractivity contribution < 1.29 is 8.42 Å². The molecule has 2 aromatic rings. The lowest BCUT2D eigenvalue weighted by molar-refractivity contribution is 0.601. The summed E-state index contributed by atoms with van der Waals surface area (Å²) in [5.41, 5.74) is 5.79. The van der Waals surface area contributed by atoms with Crippen LogP contribution in [0.2, 0.25) is 0 Å². The SMILES string of the molecule is Nc1ccccc1S(=O)(=O)Nc1cnccn1. The van der Waals surface area contributed by atoms with Crippen molar-refractivity contribution in [3.8, 4) is 0 Å². The number of aromatic nitrogens is 2. The molecular formula is C10H10N4O2S. The zero-order chi connectivity index (χ0) is 12.3. The molecule has 6 nitrogen and oxygen atoms in total. The number of rotatable bonds is 3. The van der Waals surface area contributed by atoms with Gasteiger partial charge in [0, 0.05) is 12.4 Å². The molecule has 0 saturated carbocycles. The third-order valence-corrected chi connectivity index (χ3v) is 3.44. The average Bonchev–Trinajstić information content (AvgIpc) is 2.30. The number of nitrogens with one attached hydrogen (secondary N) is 1. The molecule has 7 heteroatoms. The fourth-order valence-electron chi connectivity index (χ4n) is 1.27. The highest BCUT2D eigenvalue weighted by Gasteiger charge is 2.17. The normalized spacial score (nSPS) is 11.1. The van der Waals surface area contributed by atoms with Gasteiger partial charge in [0.1, 0.15) is 4.90 Å². The van der Waals surface area contributed by atoms with Crippen molar-refractivity contribution >= 4 is 21.5 Å². The van der Waals surface area contributed by atoms with E-state index in [9.17, 15) is 8.42 Å². The quantitative estimate of drug-likeness (QED) is 0.787. The maximum atomic E-state index is 12.0. The lowest BCUT2D eigenvalue weighted by Gasteiger charge is -2.08. The molecule has 1 heterocycles. The molecule has 3 N–H and O–H groups in total. The van der Waals surface area contributed by atoms with E-state index in [0.29, 0.717) is 0 Å². The van der Waals surface area contributed by atoms with Crippen molar-refractivity contribution in [2.45, 2.75) is 4.90 Å². The highest BCUT2D eigenvalue weighted by atomic mass is 32.2. The van der Waals surface area contributed by atoms with Crippen LogP contribution in [0.1, 0.15) is 0 Å². The van der Waals surface area contributed by atoms with Crippen molar-refractivity contribution in [2.24, 2.45) is 0 Å². The van der Waals surface area contributed by atoms with Crippen LogP contribution in [-0.4, -0.2) is 18.4 Å². The van der Waals surface area contributed by atoms with Crippen LogP contribution in [0, 0.1) is 0 Å². The molecule has 0 fully saturated rings. The molecule has 0 spiro atoms. The van der Waals surface area contributed by atoms with E-state index in [1.54, 1.807) is 12.1 Å². The van der Waals surface area contributed by atoms with Crippen molar-refractivity contribution in [2.75, 3.05) is 10.5 Å². The molecule has 0 aliphatic rings. The number of nitrogens with zero attached hydrogens (tertiary/aromatic N) is 2. The zero-order valence-electron chi connectivity index (χ0n) is 8.74. The van der Waals surface area contributed by atoms with E-state index in [2.05, 4.69) is 14.7 Å². The molecule has 0 aliphatic carbocycles. The first-order chi connectivity index (χ1) is 8.09. The van der Waals surface area contributed by atoms with Gasteiger partial charge < -0.3 is 5.73 Å². The molecule has 0 aliphatic heterocycles. The van der Waals surface area contributed by atoms with Gasteiger partial charge in [-0.3, -0.25) is 9.71 Å². The molecule has 88 valence electrons. The number of sulfonamides is 1. The summed E-state index contributed by atoms with van der Waals surface area (Å²) in [5, 5.41) is 0. The molecule has 0 unspecified atom stereocenters. The van der Waals surface area contributed by atoms with Gasteiger partial charge in [0.05, 0.1) is 11.9 Å². The Morgan fingerprint density at radius 2 is 1.94 bits per heavy atom. The highest BCUT2D eigenvalue weighted by Crippen LogP contribution is 2.19. The van der Waals surface area contributed by atoms with Gasteiger partial charge in [-0.2, -0.15) is 0 Å². The monoisotopic (exact) mass is 250 g/mol. The zero-order valence-corrected chi connectivity index (χ0v) is 9.55. The third kappa shape index (κ3) is 2.51. The Hall–Kier alpha value is -2.15. The number of anilines is 2. The van der Waals surface area contributed by atoms with Gasteiger partial charge >= 0.3 is 0 Å². The molecule has 0 radical (unpaired) electrons. The summed E-state index contributed by atoms with van der Waals surface area (Å²) in [6, 6.07) is 6.21. The van der Waals surface area contributed by atoms with Gasteiger partial charge in [-0.15, -0.1) is 0 Å². The Morgan fingerprint density at radius 3 is 2.59 bits per heavy atom. The number of nitrogens with two attached hydrogens (primary N) is 1. The van der Waals surface area contributed by atoms with Crippen molar-refractivity contribution in [1.82, 2.24) is 9.97 Å². The van der Waals surface area contributed by atoms with Crippen LogP contribution in [0.25, 0.3) is 0 Å². The van der Waals surface area contributed by atoms with Gasteiger partial charge in [-0.1, -0.05) is 12.1 Å². The van der Waals surface area contributed by atoms with Crippen LogP contribution in [0.3, 0.4) is 0 Å². The standard InChI is InChI=1S/C10H10N4O2S/c11-8-3-1-2-4-9(8)17(15,16)14-10-7-12-5-6-13-10/h1-7H,11H2,(H,13,14). The Bertz CT molecular complexity index is 613. The summed E-state index contributed by atoms with van der Waals surface area (Å²) in [7, 11) is -3.72. The van der Waals surface area contributed by atoms with Crippen LogP contribution in [0.5, 0.6) is 0 Å². The van der Waals surface area contributed by atoms with E-state index in [1.807, 2.05) is 0 Å². The molecule has 0 amide bonds. The van der Waals surface area contributed by atoms with Crippen LogP contribution in [0.15, 0.2) is 47.8 Å². The number of hydrogen-bond donors (Lipinski definition) is 2. The van der Waals surface area contributed by atoms with E-state index in [1.165, 1.54) is 30.7 Å². The summed E-state index contributed by atoms with van der Waals surface area (Å²) in [5.74, 6) is 0.149. The van der Waals surface area contributed by atoms with Gasteiger partial charge in [-0.05, 0) is 12.1 Å².